The van der Waals surface area contributed by atoms with Gasteiger partial charge in [-0.1, -0.05) is 54.6 Å². The summed E-state index contributed by atoms with van der Waals surface area (Å²) >= 11 is 0. The average molecular weight is 302 g/mol. The Kier molecular flexibility index (Phi) is 4.52. The van der Waals surface area contributed by atoms with Gasteiger partial charge >= 0.3 is 0 Å². The Morgan fingerprint density at radius 2 is 1.76 bits per heavy atom. The largest absolute Gasteiger partial charge is 0.223 e. The van der Waals surface area contributed by atoms with Gasteiger partial charge in [0.15, 0.2) is 9.84 Å². The van der Waals surface area contributed by atoms with Crippen molar-refractivity contribution in [3.63, 3.8) is 0 Å². The number of rotatable bonds is 3. The molecule has 1 aromatic carbocycles. The van der Waals surface area contributed by atoms with Crippen LogP contribution in [0, 0.1) is 0 Å². The lowest BCUT2D eigenvalue weighted by molar-refractivity contribution is 0.565. The minimum Gasteiger partial charge on any atom is -0.223 e. The van der Waals surface area contributed by atoms with Crippen molar-refractivity contribution in [2.45, 2.75) is 38.4 Å². The molecular formula is C18H22O2S. The van der Waals surface area contributed by atoms with Gasteiger partial charge in [-0.05, 0) is 38.3 Å². The molecule has 0 spiro atoms. The van der Waals surface area contributed by atoms with Gasteiger partial charge in [0.05, 0.1) is 9.65 Å². The molecule has 1 aliphatic rings. The zero-order valence-corrected chi connectivity index (χ0v) is 13.7. The SMILES string of the molecule is CC(C)(C)S(=O)(=O)/C(Cc1ccccc1)=C1\C=CC=CC1. The molecule has 0 aliphatic heterocycles. The summed E-state index contributed by atoms with van der Waals surface area (Å²) in [5.41, 5.74) is 1.92. The Balaban J connectivity index is 2.52. The Morgan fingerprint density at radius 3 is 2.29 bits per heavy atom. The van der Waals surface area contributed by atoms with Crippen molar-refractivity contribution in [2.24, 2.45) is 0 Å². The lowest BCUT2D eigenvalue weighted by Gasteiger charge is -2.24. The minimum absolute atomic E-state index is 0.452. The van der Waals surface area contributed by atoms with E-state index in [1.54, 1.807) is 20.8 Å². The van der Waals surface area contributed by atoms with Gasteiger partial charge in [-0.3, -0.25) is 0 Å². The van der Waals surface area contributed by atoms with Gasteiger partial charge in [0.1, 0.15) is 0 Å². The van der Waals surface area contributed by atoms with E-state index in [0.29, 0.717) is 17.7 Å². The first-order valence-corrected chi connectivity index (χ1v) is 8.64. The summed E-state index contributed by atoms with van der Waals surface area (Å²) in [6, 6.07) is 9.77. The molecule has 0 heterocycles. The van der Waals surface area contributed by atoms with Crippen molar-refractivity contribution in [3.8, 4) is 0 Å². The topological polar surface area (TPSA) is 34.1 Å². The molecule has 0 saturated heterocycles. The second kappa shape index (κ2) is 6.02. The van der Waals surface area contributed by atoms with E-state index < -0.39 is 14.6 Å². The normalized spacial score (nSPS) is 17.9. The van der Waals surface area contributed by atoms with E-state index in [9.17, 15) is 8.42 Å². The summed E-state index contributed by atoms with van der Waals surface area (Å²) < 4.78 is 25.1. The second-order valence-electron chi connectivity index (χ2n) is 6.22. The predicted octanol–water partition coefficient (Wildman–Crippen LogP) is 4.21. The minimum atomic E-state index is -3.34. The van der Waals surface area contributed by atoms with Crippen LogP contribution in [0.2, 0.25) is 0 Å². The first kappa shape index (κ1) is 15.8. The third-order valence-corrected chi connectivity index (χ3v) is 6.25. The van der Waals surface area contributed by atoms with Gasteiger partial charge in [0.25, 0.3) is 0 Å². The van der Waals surface area contributed by atoms with Crippen LogP contribution in [0.1, 0.15) is 32.8 Å². The third-order valence-electron chi connectivity index (χ3n) is 3.58. The predicted molar refractivity (Wildman–Crippen MR) is 88.7 cm³/mol. The molecule has 0 atom stereocenters. The molecule has 112 valence electrons. The maximum absolute atomic E-state index is 12.9. The Morgan fingerprint density at radius 1 is 1.10 bits per heavy atom. The molecule has 0 saturated carbocycles. The van der Waals surface area contributed by atoms with E-state index in [2.05, 4.69) is 0 Å². The van der Waals surface area contributed by atoms with Crippen LogP contribution in [0.3, 0.4) is 0 Å². The van der Waals surface area contributed by atoms with Gasteiger partial charge in [0.2, 0.25) is 0 Å². The monoisotopic (exact) mass is 302 g/mol. The summed E-state index contributed by atoms with van der Waals surface area (Å²) in [5.74, 6) is 0. The van der Waals surface area contributed by atoms with Crippen LogP contribution in [0.4, 0.5) is 0 Å². The van der Waals surface area contributed by atoms with Gasteiger partial charge in [0, 0.05) is 6.42 Å². The number of hydrogen-bond donors (Lipinski definition) is 0. The summed E-state index contributed by atoms with van der Waals surface area (Å²) in [6.45, 7) is 5.28. The number of allylic oxidation sites excluding steroid dienone is 6. The fourth-order valence-electron chi connectivity index (χ4n) is 2.25. The summed E-state index contributed by atoms with van der Waals surface area (Å²) in [7, 11) is -3.34. The Hall–Kier alpha value is -1.61. The highest BCUT2D eigenvalue weighted by Crippen LogP contribution is 2.31. The second-order valence-corrected chi connectivity index (χ2v) is 8.94. The summed E-state index contributed by atoms with van der Waals surface area (Å²) in [4.78, 5) is 0.543. The van der Waals surface area contributed by atoms with Crippen LogP contribution < -0.4 is 0 Å². The first-order valence-electron chi connectivity index (χ1n) is 7.16. The van der Waals surface area contributed by atoms with Crippen LogP contribution in [0.5, 0.6) is 0 Å². The maximum Gasteiger partial charge on any atom is 0.180 e. The van der Waals surface area contributed by atoms with Crippen LogP contribution in [-0.2, 0) is 16.3 Å². The standard InChI is InChI=1S/C18H22O2S/c1-18(2,3)21(19,20)17(16-12-8-5-9-13-16)14-15-10-6-4-7-11-15/h4-12H,13-14H2,1-3H3/b17-16+. The van der Waals surface area contributed by atoms with Crippen molar-refractivity contribution in [1.82, 2.24) is 0 Å². The highest BCUT2D eigenvalue weighted by atomic mass is 32.2. The molecule has 0 fully saturated rings. The Labute approximate surface area is 127 Å². The molecule has 0 N–H and O–H groups in total. The van der Waals surface area contributed by atoms with E-state index in [-0.39, 0.29) is 0 Å². The molecule has 1 aromatic rings. The molecular weight excluding hydrogens is 280 g/mol. The molecule has 21 heavy (non-hydrogen) atoms. The number of hydrogen-bond acceptors (Lipinski definition) is 2. The molecule has 2 rings (SSSR count). The van der Waals surface area contributed by atoms with Crippen molar-refractivity contribution < 1.29 is 8.42 Å². The molecule has 0 unspecified atom stereocenters. The van der Waals surface area contributed by atoms with Crippen molar-refractivity contribution >= 4 is 9.84 Å². The lowest BCUT2D eigenvalue weighted by atomic mass is 10.0. The van der Waals surface area contributed by atoms with Gasteiger partial charge in [-0.15, -0.1) is 0 Å². The molecule has 0 amide bonds. The summed E-state index contributed by atoms with van der Waals surface area (Å²) in [6.07, 6.45) is 8.90. The maximum atomic E-state index is 12.9. The van der Waals surface area contributed by atoms with Gasteiger partial charge < -0.3 is 0 Å². The van der Waals surface area contributed by atoms with Crippen molar-refractivity contribution in [1.29, 1.82) is 0 Å². The lowest BCUT2D eigenvalue weighted by Crippen LogP contribution is -2.30. The van der Waals surface area contributed by atoms with E-state index >= 15 is 0 Å². The van der Waals surface area contributed by atoms with E-state index in [0.717, 1.165) is 11.1 Å². The third kappa shape index (κ3) is 3.53. The van der Waals surface area contributed by atoms with Crippen LogP contribution in [0.25, 0.3) is 0 Å². The fourth-order valence-corrected chi connectivity index (χ4v) is 3.84. The van der Waals surface area contributed by atoms with Crippen LogP contribution in [-0.4, -0.2) is 13.2 Å². The number of benzene rings is 1. The molecule has 0 radical (unpaired) electrons. The summed E-state index contributed by atoms with van der Waals surface area (Å²) in [5, 5.41) is 0. The molecule has 0 bridgehead atoms. The van der Waals surface area contributed by atoms with Crippen molar-refractivity contribution in [3.05, 3.63) is 70.7 Å². The van der Waals surface area contributed by atoms with Crippen LogP contribution >= 0.6 is 0 Å². The van der Waals surface area contributed by atoms with Gasteiger partial charge in [-0.2, -0.15) is 0 Å². The van der Waals surface area contributed by atoms with E-state index in [1.165, 1.54) is 0 Å². The van der Waals surface area contributed by atoms with Crippen molar-refractivity contribution in [2.75, 3.05) is 0 Å². The van der Waals surface area contributed by atoms with Crippen LogP contribution in [0.15, 0.2) is 65.1 Å². The zero-order valence-electron chi connectivity index (χ0n) is 12.8. The Bertz CT molecular complexity index is 684. The fraction of sp³-hybridized carbons (Fsp3) is 0.333. The highest BCUT2D eigenvalue weighted by molar-refractivity contribution is 7.96. The molecule has 3 heteroatoms. The number of sulfone groups is 1. The molecule has 1 aliphatic carbocycles. The first-order chi connectivity index (χ1) is 9.82. The average Bonchev–Trinajstić information content (AvgIpc) is 2.45. The van der Waals surface area contributed by atoms with Gasteiger partial charge in [-0.25, -0.2) is 8.42 Å². The molecule has 0 aromatic heterocycles. The van der Waals surface area contributed by atoms with E-state index in [1.807, 2.05) is 54.6 Å². The van der Waals surface area contributed by atoms with E-state index in [4.69, 9.17) is 0 Å². The molecule has 2 nitrogen and oxygen atoms in total. The highest BCUT2D eigenvalue weighted by Gasteiger charge is 2.34. The quantitative estimate of drug-likeness (QED) is 0.838. The zero-order chi connectivity index (χ0) is 15.5. The smallest absolute Gasteiger partial charge is 0.180 e.